The first-order valence-corrected chi connectivity index (χ1v) is 5.71. The number of hydrogen-bond donors (Lipinski definition) is 2. The van der Waals surface area contributed by atoms with Gasteiger partial charge in [-0.15, -0.1) is 0 Å². The standard InChI is InChI=1S/C14H13FN2O2/c1-14(13(18)19,12-7-2-3-8-16-12)17-11-6-4-5-10(15)9-11/h2-9,17H,1H3,(H,18,19). The molecule has 0 saturated heterocycles. The van der Waals surface area contributed by atoms with Gasteiger partial charge in [0.05, 0.1) is 5.69 Å². The molecular weight excluding hydrogens is 247 g/mol. The minimum absolute atomic E-state index is 0.353. The van der Waals surface area contributed by atoms with E-state index in [4.69, 9.17) is 0 Å². The SMILES string of the molecule is CC(Nc1cccc(F)c1)(C(=O)O)c1ccccn1. The zero-order valence-corrected chi connectivity index (χ0v) is 10.3. The van der Waals surface area contributed by atoms with Gasteiger partial charge in [0.2, 0.25) is 0 Å². The first kappa shape index (κ1) is 13.0. The van der Waals surface area contributed by atoms with Crippen LogP contribution in [0.3, 0.4) is 0 Å². The second-order valence-corrected chi connectivity index (χ2v) is 4.28. The van der Waals surface area contributed by atoms with E-state index in [0.717, 1.165) is 0 Å². The number of benzene rings is 1. The van der Waals surface area contributed by atoms with Crippen LogP contribution in [0.1, 0.15) is 12.6 Å². The summed E-state index contributed by atoms with van der Waals surface area (Å²) in [5.74, 6) is -1.52. The predicted molar refractivity (Wildman–Crippen MR) is 69.2 cm³/mol. The Kier molecular flexibility index (Phi) is 3.46. The van der Waals surface area contributed by atoms with Crippen molar-refractivity contribution in [2.75, 3.05) is 5.32 Å². The minimum atomic E-state index is -1.42. The number of aromatic nitrogens is 1. The third-order valence-electron chi connectivity index (χ3n) is 2.82. The fourth-order valence-corrected chi connectivity index (χ4v) is 1.74. The third-order valence-corrected chi connectivity index (χ3v) is 2.82. The molecule has 5 heteroatoms. The Labute approximate surface area is 109 Å². The summed E-state index contributed by atoms with van der Waals surface area (Å²) in [6, 6.07) is 10.7. The Morgan fingerprint density at radius 1 is 1.32 bits per heavy atom. The Balaban J connectivity index is 2.39. The van der Waals surface area contributed by atoms with Gasteiger partial charge in [-0.25, -0.2) is 9.18 Å². The van der Waals surface area contributed by atoms with E-state index in [9.17, 15) is 14.3 Å². The van der Waals surface area contributed by atoms with Crippen molar-refractivity contribution >= 4 is 11.7 Å². The lowest BCUT2D eigenvalue weighted by Crippen LogP contribution is -2.41. The van der Waals surface area contributed by atoms with Crippen molar-refractivity contribution in [2.24, 2.45) is 0 Å². The van der Waals surface area contributed by atoms with Crippen molar-refractivity contribution in [3.63, 3.8) is 0 Å². The summed E-state index contributed by atoms with van der Waals surface area (Å²) in [5.41, 5.74) is -0.683. The summed E-state index contributed by atoms with van der Waals surface area (Å²) in [4.78, 5) is 15.6. The highest BCUT2D eigenvalue weighted by atomic mass is 19.1. The summed E-state index contributed by atoms with van der Waals surface area (Å²) < 4.78 is 13.1. The van der Waals surface area contributed by atoms with Crippen LogP contribution in [0.2, 0.25) is 0 Å². The number of nitrogens with one attached hydrogen (secondary N) is 1. The average molecular weight is 260 g/mol. The summed E-state index contributed by atoms with van der Waals surface area (Å²) in [7, 11) is 0. The number of aliphatic carboxylic acids is 1. The van der Waals surface area contributed by atoms with Gasteiger partial charge in [-0.2, -0.15) is 0 Å². The van der Waals surface area contributed by atoms with Gasteiger partial charge in [-0.05, 0) is 37.3 Å². The maximum atomic E-state index is 13.1. The topological polar surface area (TPSA) is 62.2 Å². The Hall–Kier alpha value is -2.43. The van der Waals surface area contributed by atoms with E-state index < -0.39 is 17.3 Å². The van der Waals surface area contributed by atoms with Gasteiger partial charge in [0.25, 0.3) is 0 Å². The molecule has 2 rings (SSSR count). The lowest BCUT2D eigenvalue weighted by Gasteiger charge is -2.26. The Morgan fingerprint density at radius 3 is 2.68 bits per heavy atom. The van der Waals surface area contributed by atoms with Gasteiger partial charge in [0.15, 0.2) is 5.54 Å². The van der Waals surface area contributed by atoms with Crippen LogP contribution in [0.5, 0.6) is 0 Å². The molecule has 0 radical (unpaired) electrons. The van der Waals surface area contributed by atoms with Gasteiger partial charge in [-0.1, -0.05) is 12.1 Å². The number of pyridine rings is 1. The number of halogens is 1. The number of carbonyl (C=O) groups is 1. The largest absolute Gasteiger partial charge is 0.479 e. The van der Waals surface area contributed by atoms with Crippen LogP contribution in [0.4, 0.5) is 10.1 Å². The van der Waals surface area contributed by atoms with E-state index in [2.05, 4.69) is 10.3 Å². The van der Waals surface area contributed by atoms with Crippen molar-refractivity contribution in [1.82, 2.24) is 4.98 Å². The lowest BCUT2D eigenvalue weighted by molar-refractivity contribution is -0.142. The number of hydrogen-bond acceptors (Lipinski definition) is 3. The van der Waals surface area contributed by atoms with E-state index in [-0.39, 0.29) is 0 Å². The van der Waals surface area contributed by atoms with Crippen molar-refractivity contribution in [1.29, 1.82) is 0 Å². The zero-order chi connectivity index (χ0) is 13.9. The van der Waals surface area contributed by atoms with Crippen LogP contribution in [-0.4, -0.2) is 16.1 Å². The lowest BCUT2D eigenvalue weighted by atomic mass is 9.96. The number of nitrogens with zero attached hydrogens (tertiary/aromatic N) is 1. The molecular formula is C14H13FN2O2. The molecule has 0 saturated carbocycles. The molecule has 2 N–H and O–H groups in total. The summed E-state index contributed by atoms with van der Waals surface area (Å²) in [5, 5.41) is 12.2. The molecule has 0 bridgehead atoms. The Bertz CT molecular complexity index is 589. The molecule has 0 fully saturated rings. The predicted octanol–water partition coefficient (Wildman–Crippen LogP) is 2.63. The maximum absolute atomic E-state index is 13.1. The normalized spacial score (nSPS) is 13.6. The van der Waals surface area contributed by atoms with Crippen LogP contribution in [0, 0.1) is 5.82 Å². The van der Waals surface area contributed by atoms with Crippen molar-refractivity contribution in [2.45, 2.75) is 12.5 Å². The minimum Gasteiger partial charge on any atom is -0.479 e. The molecule has 1 aromatic carbocycles. The number of carboxylic acid groups (broad SMARTS) is 1. The first-order chi connectivity index (χ1) is 9.02. The van der Waals surface area contributed by atoms with E-state index in [0.29, 0.717) is 11.4 Å². The summed E-state index contributed by atoms with van der Waals surface area (Å²) in [6.07, 6.45) is 1.52. The van der Waals surface area contributed by atoms with Gasteiger partial charge < -0.3 is 10.4 Å². The molecule has 0 aliphatic heterocycles. The second kappa shape index (κ2) is 5.06. The van der Waals surface area contributed by atoms with Crippen LogP contribution in [0.15, 0.2) is 48.7 Å². The fraction of sp³-hybridized carbons (Fsp3) is 0.143. The molecule has 1 heterocycles. The van der Waals surface area contributed by atoms with Gasteiger partial charge in [0.1, 0.15) is 5.82 Å². The quantitative estimate of drug-likeness (QED) is 0.887. The van der Waals surface area contributed by atoms with Crippen molar-refractivity contribution < 1.29 is 14.3 Å². The molecule has 0 spiro atoms. The second-order valence-electron chi connectivity index (χ2n) is 4.28. The van der Waals surface area contributed by atoms with Crippen molar-refractivity contribution in [3.05, 3.63) is 60.2 Å². The average Bonchev–Trinajstić information content (AvgIpc) is 2.39. The van der Waals surface area contributed by atoms with Gasteiger partial charge in [-0.3, -0.25) is 4.98 Å². The highest BCUT2D eigenvalue weighted by Crippen LogP contribution is 2.25. The van der Waals surface area contributed by atoms with Crippen LogP contribution >= 0.6 is 0 Å². The molecule has 0 aliphatic carbocycles. The molecule has 2 aromatic rings. The molecule has 0 aliphatic rings. The monoisotopic (exact) mass is 260 g/mol. The molecule has 1 aromatic heterocycles. The molecule has 19 heavy (non-hydrogen) atoms. The summed E-state index contributed by atoms with van der Waals surface area (Å²) >= 11 is 0. The molecule has 0 amide bonds. The highest BCUT2D eigenvalue weighted by molar-refractivity contribution is 5.83. The first-order valence-electron chi connectivity index (χ1n) is 5.71. The van der Waals surface area contributed by atoms with E-state index >= 15 is 0 Å². The third kappa shape index (κ3) is 2.70. The zero-order valence-electron chi connectivity index (χ0n) is 10.3. The molecule has 4 nitrogen and oxygen atoms in total. The van der Waals surface area contributed by atoms with Crippen molar-refractivity contribution in [3.8, 4) is 0 Å². The van der Waals surface area contributed by atoms with Crippen LogP contribution < -0.4 is 5.32 Å². The number of rotatable bonds is 4. The van der Waals surface area contributed by atoms with Crippen LogP contribution in [0.25, 0.3) is 0 Å². The highest BCUT2D eigenvalue weighted by Gasteiger charge is 2.36. The van der Waals surface area contributed by atoms with E-state index in [1.54, 1.807) is 24.3 Å². The Morgan fingerprint density at radius 2 is 2.11 bits per heavy atom. The van der Waals surface area contributed by atoms with Gasteiger partial charge in [0, 0.05) is 11.9 Å². The molecule has 98 valence electrons. The number of anilines is 1. The van der Waals surface area contributed by atoms with E-state index in [1.165, 1.54) is 31.3 Å². The van der Waals surface area contributed by atoms with E-state index in [1.807, 2.05) is 0 Å². The molecule has 1 unspecified atom stereocenters. The fourth-order valence-electron chi connectivity index (χ4n) is 1.74. The maximum Gasteiger partial charge on any atom is 0.335 e. The van der Waals surface area contributed by atoms with Crippen LogP contribution in [-0.2, 0) is 10.3 Å². The van der Waals surface area contributed by atoms with Gasteiger partial charge >= 0.3 is 5.97 Å². The smallest absolute Gasteiger partial charge is 0.335 e. The summed E-state index contributed by atoms with van der Waals surface area (Å²) in [6.45, 7) is 1.49. The molecule has 1 atom stereocenters. The number of carboxylic acids is 1.